The lowest BCUT2D eigenvalue weighted by atomic mass is 10.1. The zero-order valence-corrected chi connectivity index (χ0v) is 14.4. The SMILES string of the molecule is CCN(C(=O)c1ccc(C)c(-n2cccc2)c1)c1ccccc1C. The van der Waals surface area contributed by atoms with E-state index in [1.807, 2.05) is 90.3 Å². The van der Waals surface area contributed by atoms with Crippen LogP contribution in [0.3, 0.4) is 0 Å². The molecule has 1 heterocycles. The predicted octanol–water partition coefficient (Wildman–Crippen LogP) is 4.76. The van der Waals surface area contributed by atoms with Gasteiger partial charge in [-0.1, -0.05) is 24.3 Å². The van der Waals surface area contributed by atoms with Crippen molar-refractivity contribution in [3.63, 3.8) is 0 Å². The van der Waals surface area contributed by atoms with Gasteiger partial charge < -0.3 is 9.47 Å². The van der Waals surface area contributed by atoms with E-state index >= 15 is 0 Å². The van der Waals surface area contributed by atoms with Crippen LogP contribution < -0.4 is 4.90 Å². The average molecular weight is 318 g/mol. The Balaban J connectivity index is 2.00. The number of carbonyl (C=O) groups excluding carboxylic acids is 1. The lowest BCUT2D eigenvalue weighted by Crippen LogP contribution is -2.31. The van der Waals surface area contributed by atoms with Crippen LogP contribution in [-0.2, 0) is 0 Å². The fourth-order valence-corrected chi connectivity index (χ4v) is 2.96. The summed E-state index contributed by atoms with van der Waals surface area (Å²) in [5.41, 5.74) is 4.95. The molecule has 0 aliphatic heterocycles. The predicted molar refractivity (Wildman–Crippen MR) is 99.0 cm³/mol. The number of benzene rings is 2. The first-order chi connectivity index (χ1) is 11.6. The van der Waals surface area contributed by atoms with E-state index in [1.54, 1.807) is 0 Å². The van der Waals surface area contributed by atoms with Crippen molar-refractivity contribution >= 4 is 11.6 Å². The number of aromatic nitrogens is 1. The summed E-state index contributed by atoms with van der Waals surface area (Å²) in [6.45, 7) is 6.73. The van der Waals surface area contributed by atoms with Crippen LogP contribution >= 0.6 is 0 Å². The fourth-order valence-electron chi connectivity index (χ4n) is 2.96. The summed E-state index contributed by atoms with van der Waals surface area (Å²) in [5.74, 6) is 0.0280. The minimum Gasteiger partial charge on any atom is -0.324 e. The second kappa shape index (κ2) is 6.75. The molecule has 24 heavy (non-hydrogen) atoms. The second-order valence-electron chi connectivity index (χ2n) is 5.93. The van der Waals surface area contributed by atoms with Crippen molar-refractivity contribution in [3.8, 4) is 5.69 Å². The molecular formula is C21H22N2O. The molecule has 0 bridgehead atoms. The molecule has 3 aromatic rings. The summed E-state index contributed by atoms with van der Waals surface area (Å²) in [5, 5.41) is 0. The molecule has 1 amide bonds. The average Bonchev–Trinajstić information content (AvgIpc) is 3.12. The van der Waals surface area contributed by atoms with Gasteiger partial charge in [0.2, 0.25) is 0 Å². The number of rotatable bonds is 4. The Labute approximate surface area is 143 Å². The van der Waals surface area contributed by atoms with Crippen LogP contribution in [0.25, 0.3) is 5.69 Å². The van der Waals surface area contributed by atoms with Crippen molar-refractivity contribution in [2.75, 3.05) is 11.4 Å². The van der Waals surface area contributed by atoms with E-state index in [4.69, 9.17) is 0 Å². The summed E-state index contributed by atoms with van der Waals surface area (Å²) in [6.07, 6.45) is 3.99. The van der Waals surface area contributed by atoms with Crippen LogP contribution in [0.5, 0.6) is 0 Å². The molecule has 0 radical (unpaired) electrons. The third kappa shape index (κ3) is 2.98. The molecule has 3 rings (SSSR count). The van der Waals surface area contributed by atoms with E-state index in [-0.39, 0.29) is 5.91 Å². The van der Waals surface area contributed by atoms with Crippen molar-refractivity contribution in [1.29, 1.82) is 0 Å². The second-order valence-corrected chi connectivity index (χ2v) is 5.93. The molecule has 0 saturated heterocycles. The molecule has 2 aromatic carbocycles. The molecule has 1 aromatic heterocycles. The van der Waals surface area contributed by atoms with Gasteiger partial charge in [-0.3, -0.25) is 4.79 Å². The third-order valence-electron chi connectivity index (χ3n) is 4.31. The van der Waals surface area contributed by atoms with Gasteiger partial charge in [0.15, 0.2) is 0 Å². The summed E-state index contributed by atoms with van der Waals surface area (Å²) in [4.78, 5) is 14.9. The minimum absolute atomic E-state index is 0.0280. The van der Waals surface area contributed by atoms with Crippen molar-refractivity contribution in [2.45, 2.75) is 20.8 Å². The van der Waals surface area contributed by atoms with E-state index < -0.39 is 0 Å². The van der Waals surface area contributed by atoms with Gasteiger partial charge >= 0.3 is 0 Å². The minimum atomic E-state index is 0.0280. The topological polar surface area (TPSA) is 25.2 Å². The lowest BCUT2D eigenvalue weighted by molar-refractivity contribution is 0.0988. The van der Waals surface area contributed by atoms with Crippen LogP contribution in [0.1, 0.15) is 28.4 Å². The van der Waals surface area contributed by atoms with Crippen molar-refractivity contribution < 1.29 is 4.79 Å². The number of hydrogen-bond donors (Lipinski definition) is 0. The Kier molecular flexibility index (Phi) is 4.52. The van der Waals surface area contributed by atoms with Crippen LogP contribution in [-0.4, -0.2) is 17.0 Å². The number of hydrogen-bond acceptors (Lipinski definition) is 1. The first-order valence-corrected chi connectivity index (χ1v) is 8.23. The summed E-state index contributed by atoms with van der Waals surface area (Å²) in [7, 11) is 0. The molecule has 0 aliphatic rings. The first kappa shape index (κ1) is 16.1. The van der Waals surface area contributed by atoms with Gasteiger partial charge in [0.05, 0.1) is 0 Å². The molecule has 0 atom stereocenters. The summed E-state index contributed by atoms with van der Waals surface area (Å²) >= 11 is 0. The molecule has 3 nitrogen and oxygen atoms in total. The molecule has 122 valence electrons. The zero-order valence-electron chi connectivity index (χ0n) is 14.4. The molecule has 0 fully saturated rings. The van der Waals surface area contributed by atoms with Crippen molar-refractivity contribution in [2.24, 2.45) is 0 Å². The van der Waals surface area contributed by atoms with Crippen LogP contribution in [0.15, 0.2) is 67.0 Å². The molecule has 0 spiro atoms. The van der Waals surface area contributed by atoms with E-state index in [9.17, 15) is 4.79 Å². The van der Waals surface area contributed by atoms with Gasteiger partial charge in [-0.05, 0) is 62.2 Å². The Hall–Kier alpha value is -2.81. The highest BCUT2D eigenvalue weighted by molar-refractivity contribution is 6.06. The van der Waals surface area contributed by atoms with E-state index in [2.05, 4.69) is 6.92 Å². The van der Waals surface area contributed by atoms with Gasteiger partial charge in [0, 0.05) is 35.9 Å². The number of carbonyl (C=O) groups is 1. The standard InChI is InChI=1S/C21H22N2O/c1-4-23(19-10-6-5-9-16(19)2)21(24)18-12-11-17(3)20(15-18)22-13-7-8-14-22/h5-15H,4H2,1-3H3. The van der Waals surface area contributed by atoms with E-state index in [0.717, 1.165) is 22.5 Å². The maximum absolute atomic E-state index is 13.1. The maximum Gasteiger partial charge on any atom is 0.258 e. The maximum atomic E-state index is 13.1. The normalized spacial score (nSPS) is 10.6. The molecule has 0 saturated carbocycles. The quantitative estimate of drug-likeness (QED) is 0.681. The Bertz CT molecular complexity index is 850. The van der Waals surface area contributed by atoms with Crippen LogP contribution in [0.2, 0.25) is 0 Å². The number of para-hydroxylation sites is 1. The van der Waals surface area contributed by atoms with Gasteiger partial charge in [-0.25, -0.2) is 0 Å². The number of anilines is 1. The largest absolute Gasteiger partial charge is 0.324 e. The highest BCUT2D eigenvalue weighted by Crippen LogP contribution is 2.23. The molecule has 3 heteroatoms. The Morgan fingerprint density at radius 1 is 0.958 bits per heavy atom. The molecular weight excluding hydrogens is 296 g/mol. The van der Waals surface area contributed by atoms with Crippen LogP contribution in [0.4, 0.5) is 5.69 Å². The van der Waals surface area contributed by atoms with Gasteiger partial charge in [0.1, 0.15) is 0 Å². The zero-order chi connectivity index (χ0) is 17.1. The van der Waals surface area contributed by atoms with Crippen molar-refractivity contribution in [3.05, 3.63) is 83.7 Å². The third-order valence-corrected chi connectivity index (χ3v) is 4.31. The molecule has 0 N–H and O–H groups in total. The Morgan fingerprint density at radius 3 is 2.33 bits per heavy atom. The van der Waals surface area contributed by atoms with E-state index in [1.165, 1.54) is 0 Å². The monoisotopic (exact) mass is 318 g/mol. The van der Waals surface area contributed by atoms with Gasteiger partial charge in [0.25, 0.3) is 5.91 Å². The smallest absolute Gasteiger partial charge is 0.258 e. The van der Waals surface area contributed by atoms with Crippen LogP contribution in [0, 0.1) is 13.8 Å². The number of nitrogens with zero attached hydrogens (tertiary/aromatic N) is 2. The Morgan fingerprint density at radius 2 is 1.67 bits per heavy atom. The van der Waals surface area contributed by atoms with Crippen molar-refractivity contribution in [1.82, 2.24) is 4.57 Å². The number of aryl methyl sites for hydroxylation is 2. The summed E-state index contributed by atoms with van der Waals surface area (Å²) < 4.78 is 2.04. The first-order valence-electron chi connectivity index (χ1n) is 8.23. The fraction of sp³-hybridized carbons (Fsp3) is 0.190. The lowest BCUT2D eigenvalue weighted by Gasteiger charge is -2.23. The highest BCUT2D eigenvalue weighted by Gasteiger charge is 2.18. The number of amides is 1. The highest BCUT2D eigenvalue weighted by atomic mass is 16.2. The van der Waals surface area contributed by atoms with E-state index in [0.29, 0.717) is 12.1 Å². The summed E-state index contributed by atoms with van der Waals surface area (Å²) in [6, 6.07) is 17.9. The van der Waals surface area contributed by atoms with Gasteiger partial charge in [-0.2, -0.15) is 0 Å². The molecule has 0 unspecified atom stereocenters. The molecule has 0 aliphatic carbocycles. The van der Waals surface area contributed by atoms with Gasteiger partial charge in [-0.15, -0.1) is 0 Å².